The van der Waals surface area contributed by atoms with Gasteiger partial charge in [-0.15, -0.1) is 0 Å². The Morgan fingerprint density at radius 3 is 2.37 bits per heavy atom. The third-order valence-electron chi connectivity index (χ3n) is 7.95. The fourth-order valence-corrected chi connectivity index (χ4v) is 6.91. The Kier molecular flexibility index (Phi) is 9.35. The Bertz CT molecular complexity index is 1490. The molecule has 0 radical (unpaired) electrons. The molecule has 1 N–H and O–H groups in total. The van der Waals surface area contributed by atoms with Crippen molar-refractivity contribution in [3.05, 3.63) is 89.0 Å². The summed E-state index contributed by atoms with van der Waals surface area (Å²) < 4.78 is 36.8. The number of carbonyl (C=O) groups excluding carboxylic acids is 1. The molecular formula is C33H38N2O5S. The molecular weight excluding hydrogens is 536 g/mol. The van der Waals surface area contributed by atoms with Crippen LogP contribution in [0.25, 0.3) is 17.2 Å². The van der Waals surface area contributed by atoms with E-state index in [-0.39, 0.29) is 23.0 Å². The van der Waals surface area contributed by atoms with Gasteiger partial charge in [0.1, 0.15) is 0 Å². The van der Waals surface area contributed by atoms with E-state index >= 15 is 0 Å². The molecule has 1 fully saturated rings. The minimum Gasteiger partial charge on any atom is -0.384 e. The lowest BCUT2D eigenvalue weighted by atomic mass is 9.99. The summed E-state index contributed by atoms with van der Waals surface area (Å²) in [5.41, 5.74) is 5.90. The summed E-state index contributed by atoms with van der Waals surface area (Å²) in [6.45, 7) is 3.11. The lowest BCUT2D eigenvalue weighted by Gasteiger charge is -2.31. The van der Waals surface area contributed by atoms with E-state index in [0.29, 0.717) is 29.5 Å². The molecule has 3 aromatic carbocycles. The summed E-state index contributed by atoms with van der Waals surface area (Å²) in [5, 5.41) is 2.97. The zero-order chi connectivity index (χ0) is 28.8. The van der Waals surface area contributed by atoms with E-state index in [1.807, 2.05) is 48.5 Å². The fraction of sp³-hybridized carbons (Fsp3) is 0.364. The number of ether oxygens (including phenoxy) is 2. The molecule has 2 aliphatic rings. The first-order chi connectivity index (χ1) is 19.8. The third-order valence-corrected chi connectivity index (χ3v) is 9.73. The molecule has 7 nitrogen and oxygen atoms in total. The Labute approximate surface area is 243 Å². The minimum absolute atomic E-state index is 0.107. The molecule has 0 bridgehead atoms. The molecule has 5 rings (SSSR count). The highest BCUT2D eigenvalue weighted by molar-refractivity contribution is 7.91. The quantitative estimate of drug-likeness (QED) is 0.371. The topological polar surface area (TPSA) is 84.9 Å². The van der Waals surface area contributed by atoms with Crippen molar-refractivity contribution in [3.63, 3.8) is 0 Å². The maximum Gasteiger partial charge on any atom is 0.251 e. The van der Waals surface area contributed by atoms with Crippen molar-refractivity contribution in [3.8, 4) is 11.1 Å². The number of hydrogen-bond donors (Lipinski definition) is 1. The van der Waals surface area contributed by atoms with Gasteiger partial charge < -0.3 is 14.8 Å². The van der Waals surface area contributed by atoms with Crippen LogP contribution < -0.4 is 5.32 Å². The number of hydrogen-bond acceptors (Lipinski definition) is 6. The van der Waals surface area contributed by atoms with Crippen LogP contribution in [0.1, 0.15) is 36.0 Å². The van der Waals surface area contributed by atoms with Crippen LogP contribution in [0.5, 0.6) is 0 Å². The summed E-state index contributed by atoms with van der Waals surface area (Å²) >= 11 is 0. The summed E-state index contributed by atoms with van der Waals surface area (Å²) in [7, 11) is 0.305. The van der Waals surface area contributed by atoms with Crippen molar-refractivity contribution in [2.24, 2.45) is 0 Å². The zero-order valence-corrected chi connectivity index (χ0v) is 24.6. The number of fused-ring (bicyclic) bond motifs is 1. The van der Waals surface area contributed by atoms with Crippen molar-refractivity contribution < 1.29 is 22.7 Å². The first kappa shape index (κ1) is 29.2. The number of nitrogens with one attached hydrogen (secondary N) is 1. The number of sulfone groups is 1. The van der Waals surface area contributed by atoms with E-state index in [1.165, 1.54) is 11.1 Å². The van der Waals surface area contributed by atoms with Crippen molar-refractivity contribution in [1.29, 1.82) is 0 Å². The van der Waals surface area contributed by atoms with Crippen molar-refractivity contribution >= 4 is 27.5 Å². The number of carbonyl (C=O) groups is 1. The SMILES string of the molecule is COCCc1ccc(-c2ccc3c(c2)C=C(C(=O)Nc2ccc(CN(C)C4CCOCC4)cc2)CCS3(=O)=O)cc1. The van der Waals surface area contributed by atoms with Crippen LogP contribution >= 0.6 is 0 Å². The van der Waals surface area contributed by atoms with E-state index in [0.717, 1.165) is 50.1 Å². The van der Waals surface area contributed by atoms with Gasteiger partial charge in [-0.25, -0.2) is 8.42 Å². The average molecular weight is 575 g/mol. The number of amides is 1. The number of anilines is 1. The first-order valence-corrected chi connectivity index (χ1v) is 15.8. The first-order valence-electron chi connectivity index (χ1n) is 14.2. The van der Waals surface area contributed by atoms with Gasteiger partial charge in [-0.3, -0.25) is 9.69 Å². The molecule has 41 heavy (non-hydrogen) atoms. The van der Waals surface area contributed by atoms with Gasteiger partial charge in [-0.1, -0.05) is 42.5 Å². The van der Waals surface area contributed by atoms with Gasteiger partial charge in [0, 0.05) is 44.2 Å². The Balaban J connectivity index is 1.30. The average Bonchev–Trinajstić information content (AvgIpc) is 3.13. The highest BCUT2D eigenvalue weighted by Crippen LogP contribution is 2.31. The predicted molar refractivity (Wildman–Crippen MR) is 162 cm³/mol. The van der Waals surface area contributed by atoms with Crippen LogP contribution in [-0.4, -0.2) is 65.0 Å². The number of nitrogens with zero attached hydrogens (tertiary/aromatic N) is 1. The van der Waals surface area contributed by atoms with E-state index in [2.05, 4.69) is 29.4 Å². The van der Waals surface area contributed by atoms with Crippen LogP contribution in [0, 0.1) is 0 Å². The summed E-state index contributed by atoms with van der Waals surface area (Å²) in [6, 6.07) is 21.9. The largest absolute Gasteiger partial charge is 0.384 e. The highest BCUT2D eigenvalue weighted by atomic mass is 32.2. The monoisotopic (exact) mass is 574 g/mol. The molecule has 3 aromatic rings. The summed E-state index contributed by atoms with van der Waals surface area (Å²) in [4.78, 5) is 15.9. The van der Waals surface area contributed by atoms with E-state index in [4.69, 9.17) is 9.47 Å². The van der Waals surface area contributed by atoms with Gasteiger partial charge in [-0.2, -0.15) is 0 Å². The molecule has 0 atom stereocenters. The normalized spacial score (nSPS) is 17.0. The Hall–Kier alpha value is -3.30. The van der Waals surface area contributed by atoms with E-state index < -0.39 is 9.84 Å². The van der Waals surface area contributed by atoms with Crippen molar-refractivity contribution in [2.75, 3.05) is 45.0 Å². The maximum absolute atomic E-state index is 13.3. The van der Waals surface area contributed by atoms with Gasteiger partial charge in [0.15, 0.2) is 9.84 Å². The molecule has 1 amide bonds. The molecule has 8 heteroatoms. The molecule has 0 aliphatic carbocycles. The van der Waals surface area contributed by atoms with Gasteiger partial charge in [0.05, 0.1) is 17.3 Å². The van der Waals surface area contributed by atoms with Crippen LogP contribution in [0.4, 0.5) is 5.69 Å². The van der Waals surface area contributed by atoms with Crippen molar-refractivity contribution in [2.45, 2.75) is 43.2 Å². The van der Waals surface area contributed by atoms with Crippen LogP contribution in [-0.2, 0) is 37.1 Å². The second kappa shape index (κ2) is 13.1. The molecule has 1 saturated heterocycles. The minimum atomic E-state index is -3.52. The summed E-state index contributed by atoms with van der Waals surface area (Å²) in [6.07, 6.45) is 4.79. The Morgan fingerprint density at radius 1 is 0.976 bits per heavy atom. The number of methoxy groups -OCH3 is 1. The molecule has 0 unspecified atom stereocenters. The van der Waals surface area contributed by atoms with Crippen LogP contribution in [0.3, 0.4) is 0 Å². The summed E-state index contributed by atoms with van der Waals surface area (Å²) in [5.74, 6) is -0.391. The number of benzene rings is 3. The van der Waals surface area contributed by atoms with E-state index in [1.54, 1.807) is 19.3 Å². The maximum atomic E-state index is 13.3. The van der Waals surface area contributed by atoms with Crippen LogP contribution in [0.2, 0.25) is 0 Å². The number of rotatable bonds is 9. The molecule has 0 aromatic heterocycles. The standard InChI is InChI=1S/C33H38N2O5S/c1-35(31-14-18-40-19-15-31)23-25-5-10-30(11-6-25)34-33(36)28-16-20-41(37,38)32-12-9-27(21-29(32)22-28)26-7-3-24(4-8-26)13-17-39-2/h3-12,21-22,31H,13-20,23H2,1-2H3,(H,34,36). The van der Waals surface area contributed by atoms with Gasteiger partial charge in [-0.05, 0) is 90.9 Å². The molecule has 2 aliphatic heterocycles. The molecule has 2 heterocycles. The zero-order valence-electron chi connectivity index (χ0n) is 23.8. The second-order valence-electron chi connectivity index (χ2n) is 10.8. The lowest BCUT2D eigenvalue weighted by molar-refractivity contribution is -0.112. The fourth-order valence-electron chi connectivity index (χ4n) is 5.45. The molecule has 0 spiro atoms. The van der Waals surface area contributed by atoms with Crippen molar-refractivity contribution in [1.82, 2.24) is 4.90 Å². The Morgan fingerprint density at radius 2 is 1.66 bits per heavy atom. The molecule has 0 saturated carbocycles. The smallest absolute Gasteiger partial charge is 0.251 e. The second-order valence-corrected chi connectivity index (χ2v) is 12.9. The highest BCUT2D eigenvalue weighted by Gasteiger charge is 2.25. The van der Waals surface area contributed by atoms with Crippen LogP contribution in [0.15, 0.2) is 77.2 Å². The predicted octanol–water partition coefficient (Wildman–Crippen LogP) is 5.35. The van der Waals surface area contributed by atoms with Gasteiger partial charge in [0.2, 0.25) is 0 Å². The third kappa shape index (κ3) is 7.32. The van der Waals surface area contributed by atoms with Gasteiger partial charge in [0.25, 0.3) is 5.91 Å². The van der Waals surface area contributed by atoms with E-state index in [9.17, 15) is 13.2 Å². The molecule has 216 valence electrons. The van der Waals surface area contributed by atoms with Gasteiger partial charge >= 0.3 is 0 Å². The lowest BCUT2D eigenvalue weighted by Crippen LogP contribution is -2.36.